The molecule has 1 aromatic heterocycles. The molecule has 2 heterocycles. The zero-order chi connectivity index (χ0) is 15.2. The number of rotatable bonds is 7. The molecule has 1 saturated heterocycles. The van der Waals surface area contributed by atoms with Crippen LogP contribution in [0.3, 0.4) is 0 Å². The van der Waals surface area contributed by atoms with E-state index in [1.54, 1.807) is 0 Å². The van der Waals surface area contributed by atoms with Gasteiger partial charge in [0.15, 0.2) is 5.82 Å². The van der Waals surface area contributed by atoms with Crippen LogP contribution in [0.1, 0.15) is 44.0 Å². The molecule has 3 rings (SSSR count). The zero-order valence-electron chi connectivity index (χ0n) is 12.9. The number of aliphatic hydroxyl groups is 1. The summed E-state index contributed by atoms with van der Waals surface area (Å²) in [5.41, 5.74) is 1.05. The van der Waals surface area contributed by atoms with E-state index in [-0.39, 0.29) is 0 Å². The fourth-order valence-corrected chi connectivity index (χ4v) is 3.15. The highest BCUT2D eigenvalue weighted by Gasteiger charge is 2.28. The maximum atomic E-state index is 8.86. The topological polar surface area (TPSA) is 65.0 Å². The third kappa shape index (κ3) is 3.54. The van der Waals surface area contributed by atoms with Crippen molar-refractivity contribution in [2.75, 3.05) is 19.7 Å². The second-order valence-corrected chi connectivity index (χ2v) is 5.89. The first-order valence-electron chi connectivity index (χ1n) is 8.21. The van der Waals surface area contributed by atoms with Crippen LogP contribution in [-0.2, 0) is 0 Å². The van der Waals surface area contributed by atoms with Crippen molar-refractivity contribution in [2.24, 2.45) is 0 Å². The van der Waals surface area contributed by atoms with E-state index in [0.717, 1.165) is 56.0 Å². The average Bonchev–Trinajstić information content (AvgIpc) is 3.21. The fourth-order valence-electron chi connectivity index (χ4n) is 3.15. The minimum atomic E-state index is 0.298. The third-order valence-electron chi connectivity index (χ3n) is 4.32. The predicted molar refractivity (Wildman–Crippen MR) is 86.3 cm³/mol. The highest BCUT2D eigenvalue weighted by molar-refractivity contribution is 5.53. The van der Waals surface area contributed by atoms with Crippen LogP contribution in [0, 0.1) is 0 Å². The van der Waals surface area contributed by atoms with Crippen molar-refractivity contribution >= 4 is 0 Å². The monoisotopic (exact) mass is 300 g/mol. The van der Waals surface area contributed by atoms with Gasteiger partial charge in [0.25, 0.3) is 0 Å². The van der Waals surface area contributed by atoms with Crippen LogP contribution in [0.15, 0.2) is 30.3 Å². The number of aromatic nitrogens is 3. The van der Waals surface area contributed by atoms with Gasteiger partial charge in [-0.25, -0.2) is 4.98 Å². The number of unbranched alkanes of at least 4 members (excludes halogenated alkanes) is 2. The Bertz CT molecular complexity index is 569. The average molecular weight is 300 g/mol. The third-order valence-corrected chi connectivity index (χ3v) is 4.32. The SMILES string of the molecule is OCCCCCN1CCCC1c1nc(-c2ccccc2)n[nH]1. The van der Waals surface area contributed by atoms with E-state index >= 15 is 0 Å². The molecule has 0 saturated carbocycles. The van der Waals surface area contributed by atoms with Crippen molar-refractivity contribution in [1.82, 2.24) is 20.1 Å². The molecule has 1 aromatic carbocycles. The smallest absolute Gasteiger partial charge is 0.181 e. The molecule has 1 fully saturated rings. The molecule has 2 N–H and O–H groups in total. The van der Waals surface area contributed by atoms with Gasteiger partial charge < -0.3 is 5.11 Å². The van der Waals surface area contributed by atoms with Crippen molar-refractivity contribution in [3.63, 3.8) is 0 Å². The van der Waals surface area contributed by atoms with Crippen LogP contribution in [0.4, 0.5) is 0 Å². The fraction of sp³-hybridized carbons (Fsp3) is 0.529. The Morgan fingerprint density at radius 1 is 1.18 bits per heavy atom. The van der Waals surface area contributed by atoms with E-state index in [1.807, 2.05) is 30.3 Å². The Labute approximate surface area is 131 Å². The van der Waals surface area contributed by atoms with E-state index < -0.39 is 0 Å². The maximum Gasteiger partial charge on any atom is 0.181 e. The quantitative estimate of drug-likeness (QED) is 0.772. The van der Waals surface area contributed by atoms with Gasteiger partial charge in [-0.1, -0.05) is 30.3 Å². The molecule has 1 atom stereocenters. The van der Waals surface area contributed by atoms with Gasteiger partial charge in [-0.15, -0.1) is 0 Å². The van der Waals surface area contributed by atoms with Crippen molar-refractivity contribution in [3.8, 4) is 11.4 Å². The molecular formula is C17H24N4O. The first-order valence-corrected chi connectivity index (χ1v) is 8.21. The summed E-state index contributed by atoms with van der Waals surface area (Å²) in [6.07, 6.45) is 5.48. The molecule has 22 heavy (non-hydrogen) atoms. The molecule has 5 nitrogen and oxygen atoms in total. The molecule has 5 heteroatoms. The molecule has 1 aliphatic heterocycles. The lowest BCUT2D eigenvalue weighted by Crippen LogP contribution is -2.25. The minimum absolute atomic E-state index is 0.298. The van der Waals surface area contributed by atoms with Gasteiger partial charge in [0.1, 0.15) is 5.82 Å². The lowest BCUT2D eigenvalue weighted by Gasteiger charge is -2.22. The Morgan fingerprint density at radius 3 is 2.86 bits per heavy atom. The maximum absolute atomic E-state index is 8.86. The van der Waals surface area contributed by atoms with Crippen LogP contribution < -0.4 is 0 Å². The van der Waals surface area contributed by atoms with Crippen LogP contribution in [0.5, 0.6) is 0 Å². The second-order valence-electron chi connectivity index (χ2n) is 5.89. The minimum Gasteiger partial charge on any atom is -0.396 e. The summed E-state index contributed by atoms with van der Waals surface area (Å²) in [6, 6.07) is 10.5. The number of nitrogens with zero attached hydrogens (tertiary/aromatic N) is 3. The highest BCUT2D eigenvalue weighted by atomic mass is 16.2. The molecule has 0 spiro atoms. The Kier molecular flexibility index (Phi) is 5.19. The lowest BCUT2D eigenvalue weighted by atomic mass is 10.2. The first kappa shape index (κ1) is 15.2. The normalized spacial score (nSPS) is 18.9. The van der Waals surface area contributed by atoms with Crippen LogP contribution in [-0.4, -0.2) is 44.9 Å². The van der Waals surface area contributed by atoms with Gasteiger partial charge >= 0.3 is 0 Å². The molecule has 1 aliphatic rings. The van der Waals surface area contributed by atoms with Crippen molar-refractivity contribution in [1.29, 1.82) is 0 Å². The molecule has 0 aliphatic carbocycles. The Hall–Kier alpha value is -1.72. The van der Waals surface area contributed by atoms with Crippen LogP contribution >= 0.6 is 0 Å². The summed E-state index contributed by atoms with van der Waals surface area (Å²) in [7, 11) is 0. The standard InChI is InChI=1S/C17H24N4O/c22-13-6-2-5-11-21-12-7-10-15(21)17-18-16(19-20-17)14-8-3-1-4-9-14/h1,3-4,8-9,15,22H,2,5-7,10-13H2,(H,18,19,20). The van der Waals surface area contributed by atoms with Crippen molar-refractivity contribution in [2.45, 2.75) is 38.1 Å². The van der Waals surface area contributed by atoms with E-state index in [9.17, 15) is 0 Å². The molecule has 2 aromatic rings. The molecule has 0 amide bonds. The number of likely N-dealkylation sites (tertiary alicyclic amines) is 1. The summed E-state index contributed by atoms with van der Waals surface area (Å²) in [4.78, 5) is 7.20. The number of nitrogens with one attached hydrogen (secondary N) is 1. The van der Waals surface area contributed by atoms with Gasteiger partial charge in [0.2, 0.25) is 0 Å². The van der Waals surface area contributed by atoms with E-state index in [0.29, 0.717) is 12.6 Å². The number of hydrogen-bond acceptors (Lipinski definition) is 4. The summed E-state index contributed by atoms with van der Waals surface area (Å²) in [6.45, 7) is 2.50. The number of hydrogen-bond donors (Lipinski definition) is 2. The number of H-pyrrole nitrogens is 1. The van der Waals surface area contributed by atoms with Crippen LogP contribution in [0.2, 0.25) is 0 Å². The number of aromatic amines is 1. The van der Waals surface area contributed by atoms with Crippen LogP contribution in [0.25, 0.3) is 11.4 Å². The van der Waals surface area contributed by atoms with Gasteiger partial charge in [-0.2, -0.15) is 5.10 Å². The summed E-state index contributed by atoms with van der Waals surface area (Å²) < 4.78 is 0. The summed E-state index contributed by atoms with van der Waals surface area (Å²) in [5, 5.41) is 16.4. The molecule has 1 unspecified atom stereocenters. The Morgan fingerprint density at radius 2 is 2.05 bits per heavy atom. The van der Waals surface area contributed by atoms with E-state index in [2.05, 4.69) is 15.1 Å². The van der Waals surface area contributed by atoms with E-state index in [1.165, 1.54) is 6.42 Å². The summed E-state index contributed by atoms with van der Waals surface area (Å²) in [5.74, 6) is 1.77. The van der Waals surface area contributed by atoms with Gasteiger partial charge in [0, 0.05) is 12.2 Å². The number of benzene rings is 1. The predicted octanol–water partition coefficient (Wildman–Crippen LogP) is 2.77. The Balaban J connectivity index is 1.64. The zero-order valence-corrected chi connectivity index (χ0v) is 12.9. The highest BCUT2D eigenvalue weighted by Crippen LogP contribution is 2.30. The molecule has 0 radical (unpaired) electrons. The molecule has 118 valence electrons. The van der Waals surface area contributed by atoms with Gasteiger partial charge in [0.05, 0.1) is 6.04 Å². The lowest BCUT2D eigenvalue weighted by molar-refractivity contribution is 0.235. The van der Waals surface area contributed by atoms with Crippen molar-refractivity contribution in [3.05, 3.63) is 36.2 Å². The number of aliphatic hydroxyl groups excluding tert-OH is 1. The molecule has 0 bridgehead atoms. The summed E-state index contributed by atoms with van der Waals surface area (Å²) >= 11 is 0. The first-order chi connectivity index (χ1) is 10.9. The van der Waals surface area contributed by atoms with Gasteiger partial charge in [-0.05, 0) is 45.2 Å². The van der Waals surface area contributed by atoms with Crippen molar-refractivity contribution < 1.29 is 5.11 Å². The second kappa shape index (κ2) is 7.51. The van der Waals surface area contributed by atoms with E-state index in [4.69, 9.17) is 10.1 Å². The molecular weight excluding hydrogens is 276 g/mol. The van der Waals surface area contributed by atoms with Gasteiger partial charge in [-0.3, -0.25) is 10.00 Å². The largest absolute Gasteiger partial charge is 0.396 e.